The smallest absolute Gasteiger partial charge is 0.268 e. The summed E-state index contributed by atoms with van der Waals surface area (Å²) in [4.78, 5) is 25.7. The molecule has 24 heavy (non-hydrogen) atoms. The molecule has 0 atom stereocenters. The molecule has 2 aromatic carbocycles. The van der Waals surface area contributed by atoms with Gasteiger partial charge in [0.2, 0.25) is 0 Å². The lowest BCUT2D eigenvalue weighted by atomic mass is 10.2. The Labute approximate surface area is 149 Å². The summed E-state index contributed by atoms with van der Waals surface area (Å²) in [5.74, 6) is -1.37. The van der Waals surface area contributed by atoms with Crippen LogP contribution in [-0.4, -0.2) is 16.0 Å². The molecular weight excluding hydrogens is 400 g/mol. The Morgan fingerprint density at radius 2 is 1.79 bits per heavy atom. The summed E-state index contributed by atoms with van der Waals surface area (Å²) >= 11 is 4.00. The van der Waals surface area contributed by atoms with Crippen LogP contribution in [0.5, 0.6) is 0 Å². The van der Waals surface area contributed by atoms with Crippen molar-refractivity contribution in [3.63, 3.8) is 0 Å². The van der Waals surface area contributed by atoms with Crippen molar-refractivity contribution in [3.05, 3.63) is 74.6 Å². The molecular formula is C17H10BrF2NO2S. The van der Waals surface area contributed by atoms with Crippen molar-refractivity contribution < 1.29 is 18.4 Å². The normalized spacial score (nSPS) is 16.3. The van der Waals surface area contributed by atoms with E-state index in [-0.39, 0.29) is 17.0 Å². The van der Waals surface area contributed by atoms with Gasteiger partial charge in [0.15, 0.2) is 0 Å². The predicted octanol–water partition coefficient (Wildman–Crippen LogP) is 4.96. The van der Waals surface area contributed by atoms with Crippen molar-refractivity contribution in [1.82, 2.24) is 4.90 Å². The highest BCUT2D eigenvalue weighted by Gasteiger charge is 2.35. The molecule has 3 rings (SSSR count). The Morgan fingerprint density at radius 3 is 2.50 bits per heavy atom. The number of halogens is 3. The largest absolute Gasteiger partial charge is 0.293 e. The zero-order chi connectivity index (χ0) is 17.3. The first kappa shape index (κ1) is 16.9. The number of carbonyl (C=O) groups excluding carboxylic acids is 2. The van der Waals surface area contributed by atoms with E-state index in [2.05, 4.69) is 15.9 Å². The molecule has 3 nitrogen and oxygen atoms in total. The topological polar surface area (TPSA) is 37.4 Å². The van der Waals surface area contributed by atoms with Crippen molar-refractivity contribution in [1.29, 1.82) is 0 Å². The molecule has 0 bridgehead atoms. The molecule has 0 aromatic heterocycles. The van der Waals surface area contributed by atoms with E-state index in [1.54, 1.807) is 6.07 Å². The third kappa shape index (κ3) is 3.57. The highest BCUT2D eigenvalue weighted by Crippen LogP contribution is 2.34. The lowest BCUT2D eigenvalue weighted by Crippen LogP contribution is -2.27. The summed E-state index contributed by atoms with van der Waals surface area (Å²) in [6.45, 7) is 0.0449. The average Bonchev–Trinajstić information content (AvgIpc) is 2.80. The molecule has 0 aliphatic carbocycles. The molecule has 0 radical (unpaired) electrons. The van der Waals surface area contributed by atoms with E-state index >= 15 is 0 Å². The highest BCUT2D eigenvalue weighted by atomic mass is 79.9. The van der Waals surface area contributed by atoms with Crippen molar-refractivity contribution >= 4 is 44.9 Å². The van der Waals surface area contributed by atoms with Gasteiger partial charge in [0.05, 0.1) is 11.4 Å². The minimum Gasteiger partial charge on any atom is -0.268 e. The predicted molar refractivity (Wildman–Crippen MR) is 92.0 cm³/mol. The molecule has 1 aliphatic heterocycles. The van der Waals surface area contributed by atoms with E-state index in [1.807, 2.05) is 0 Å². The van der Waals surface area contributed by atoms with E-state index in [1.165, 1.54) is 42.5 Å². The van der Waals surface area contributed by atoms with E-state index in [9.17, 15) is 18.4 Å². The van der Waals surface area contributed by atoms with Crippen molar-refractivity contribution in [3.8, 4) is 0 Å². The standard InChI is InChI=1S/C17H10BrF2NO2S/c18-12-3-6-14(20)11(7-12)8-15-16(22)21(17(23)24-15)9-10-1-4-13(19)5-2-10/h1-8H,9H2/b15-8-. The van der Waals surface area contributed by atoms with Crippen molar-refractivity contribution in [2.24, 2.45) is 0 Å². The second-order valence-corrected chi connectivity index (χ2v) is 6.97. The zero-order valence-electron chi connectivity index (χ0n) is 12.1. The minimum atomic E-state index is -0.492. The van der Waals surface area contributed by atoms with Gasteiger partial charge in [0, 0.05) is 10.0 Å². The Hall–Kier alpha value is -1.99. The number of rotatable bonds is 3. The number of imide groups is 1. The average molecular weight is 410 g/mol. The molecule has 1 heterocycles. The van der Waals surface area contributed by atoms with E-state index < -0.39 is 22.8 Å². The van der Waals surface area contributed by atoms with Crippen LogP contribution in [0.4, 0.5) is 13.6 Å². The van der Waals surface area contributed by atoms with E-state index in [0.717, 1.165) is 16.7 Å². The highest BCUT2D eigenvalue weighted by molar-refractivity contribution is 9.10. The maximum atomic E-state index is 13.8. The van der Waals surface area contributed by atoms with Gasteiger partial charge in [-0.05, 0) is 53.7 Å². The third-order valence-corrected chi connectivity index (χ3v) is 4.77. The Kier molecular flexibility index (Phi) is 4.82. The van der Waals surface area contributed by atoms with Gasteiger partial charge in [-0.3, -0.25) is 14.5 Å². The molecule has 1 aliphatic rings. The summed E-state index contributed by atoms with van der Waals surface area (Å²) in [6, 6.07) is 9.91. The monoisotopic (exact) mass is 409 g/mol. The number of hydrogen-bond donors (Lipinski definition) is 0. The van der Waals surface area contributed by atoms with E-state index in [4.69, 9.17) is 0 Å². The van der Waals surface area contributed by atoms with Gasteiger partial charge < -0.3 is 0 Å². The Bertz CT molecular complexity index is 852. The van der Waals surface area contributed by atoms with Crippen molar-refractivity contribution in [2.75, 3.05) is 0 Å². The second-order valence-electron chi connectivity index (χ2n) is 5.06. The van der Waals surface area contributed by atoms with Crippen LogP contribution in [0.2, 0.25) is 0 Å². The van der Waals surface area contributed by atoms with Gasteiger partial charge in [-0.1, -0.05) is 28.1 Å². The molecule has 2 aromatic rings. The summed E-state index contributed by atoms with van der Waals surface area (Å²) in [6.07, 6.45) is 1.36. The maximum Gasteiger partial charge on any atom is 0.293 e. The van der Waals surface area contributed by atoms with Crippen LogP contribution in [0.3, 0.4) is 0 Å². The number of carbonyl (C=O) groups is 2. The Balaban J connectivity index is 1.84. The first-order valence-corrected chi connectivity index (χ1v) is 8.50. The number of benzene rings is 2. The molecule has 0 unspecified atom stereocenters. The molecule has 1 fully saturated rings. The van der Waals surface area contributed by atoms with Gasteiger partial charge in [-0.2, -0.15) is 0 Å². The molecule has 122 valence electrons. The summed E-state index contributed by atoms with van der Waals surface area (Å²) in [5.41, 5.74) is 0.852. The van der Waals surface area contributed by atoms with Gasteiger partial charge in [0.1, 0.15) is 11.6 Å². The number of hydrogen-bond acceptors (Lipinski definition) is 3. The van der Waals surface area contributed by atoms with Crippen LogP contribution in [-0.2, 0) is 11.3 Å². The molecule has 1 saturated heterocycles. The van der Waals surface area contributed by atoms with E-state index in [0.29, 0.717) is 10.0 Å². The maximum absolute atomic E-state index is 13.8. The van der Waals surface area contributed by atoms with Gasteiger partial charge >= 0.3 is 0 Å². The minimum absolute atomic E-state index is 0.0449. The van der Waals surface area contributed by atoms with Crippen LogP contribution in [0.1, 0.15) is 11.1 Å². The second kappa shape index (κ2) is 6.86. The van der Waals surface area contributed by atoms with Crippen LogP contribution in [0.25, 0.3) is 6.08 Å². The fraction of sp³-hybridized carbons (Fsp3) is 0.0588. The van der Waals surface area contributed by atoms with Crippen molar-refractivity contribution in [2.45, 2.75) is 6.54 Å². The quantitative estimate of drug-likeness (QED) is 0.671. The molecule has 7 heteroatoms. The fourth-order valence-corrected chi connectivity index (χ4v) is 3.38. The number of thioether (sulfide) groups is 1. The SMILES string of the molecule is O=C1S/C(=C\c2cc(Br)ccc2F)C(=O)N1Cc1ccc(F)cc1. The zero-order valence-corrected chi connectivity index (χ0v) is 14.5. The van der Waals surface area contributed by atoms with Gasteiger partial charge in [-0.15, -0.1) is 0 Å². The van der Waals surface area contributed by atoms with Gasteiger partial charge in [-0.25, -0.2) is 8.78 Å². The molecule has 0 saturated carbocycles. The fourth-order valence-electron chi connectivity index (χ4n) is 2.18. The summed E-state index contributed by atoms with van der Waals surface area (Å²) in [5, 5.41) is -0.439. The number of nitrogens with zero attached hydrogens (tertiary/aromatic N) is 1. The van der Waals surface area contributed by atoms with Crippen LogP contribution < -0.4 is 0 Å². The van der Waals surface area contributed by atoms with Crippen LogP contribution in [0, 0.1) is 11.6 Å². The summed E-state index contributed by atoms with van der Waals surface area (Å²) < 4.78 is 27.4. The van der Waals surface area contributed by atoms with Crippen LogP contribution in [0.15, 0.2) is 51.8 Å². The lowest BCUT2D eigenvalue weighted by Gasteiger charge is -2.12. The first-order chi connectivity index (χ1) is 11.4. The molecule has 2 amide bonds. The van der Waals surface area contributed by atoms with Gasteiger partial charge in [0.25, 0.3) is 11.1 Å². The first-order valence-electron chi connectivity index (χ1n) is 6.89. The number of amides is 2. The lowest BCUT2D eigenvalue weighted by molar-refractivity contribution is -0.123. The Morgan fingerprint density at radius 1 is 1.08 bits per heavy atom. The molecule has 0 N–H and O–H groups in total. The third-order valence-electron chi connectivity index (χ3n) is 3.37. The molecule has 0 spiro atoms. The van der Waals surface area contributed by atoms with Crippen LogP contribution >= 0.6 is 27.7 Å². The summed E-state index contributed by atoms with van der Waals surface area (Å²) in [7, 11) is 0.